The van der Waals surface area contributed by atoms with Crippen molar-refractivity contribution in [1.82, 2.24) is 14.7 Å². The molecule has 0 spiro atoms. The van der Waals surface area contributed by atoms with Gasteiger partial charge in [-0.05, 0) is 39.1 Å². The van der Waals surface area contributed by atoms with Crippen LogP contribution in [0.5, 0.6) is 0 Å². The van der Waals surface area contributed by atoms with Gasteiger partial charge in [0.1, 0.15) is 17.3 Å². The van der Waals surface area contributed by atoms with Crippen molar-refractivity contribution in [1.29, 1.82) is 5.26 Å². The number of hydrogen-bond acceptors (Lipinski definition) is 7. The van der Waals surface area contributed by atoms with Gasteiger partial charge in [-0.3, -0.25) is 10.1 Å². The Labute approximate surface area is 161 Å². The molecular weight excluding hydrogens is 362 g/mol. The van der Waals surface area contributed by atoms with Crippen LogP contribution < -0.4 is 10.6 Å². The van der Waals surface area contributed by atoms with E-state index >= 15 is 0 Å². The average Bonchev–Trinajstić information content (AvgIpc) is 3.28. The van der Waals surface area contributed by atoms with Gasteiger partial charge in [-0.25, -0.2) is 4.98 Å². The number of carbonyl (C=O) groups excluding carboxylic acids is 1. The van der Waals surface area contributed by atoms with Crippen molar-refractivity contribution in [3.63, 3.8) is 0 Å². The molecule has 2 aromatic heterocycles. The van der Waals surface area contributed by atoms with E-state index in [-0.39, 0.29) is 11.9 Å². The van der Waals surface area contributed by atoms with Crippen LogP contribution in [0.15, 0.2) is 34.7 Å². The van der Waals surface area contributed by atoms with Gasteiger partial charge in [0.2, 0.25) is 5.13 Å². The summed E-state index contributed by atoms with van der Waals surface area (Å²) in [6.07, 6.45) is 0.687. The summed E-state index contributed by atoms with van der Waals surface area (Å²) in [7, 11) is 1.88. The molecule has 0 aliphatic rings. The third kappa shape index (κ3) is 4.39. The number of nitriles is 1. The Morgan fingerprint density at radius 3 is 2.96 bits per heavy atom. The van der Waals surface area contributed by atoms with E-state index in [1.54, 1.807) is 31.2 Å². The van der Waals surface area contributed by atoms with Gasteiger partial charge in [-0.15, -0.1) is 0 Å². The molecule has 0 saturated carbocycles. The number of carbonyl (C=O) groups is 1. The fourth-order valence-corrected chi connectivity index (χ4v) is 3.11. The normalized spacial score (nSPS) is 11.8. The molecule has 0 bridgehead atoms. The van der Waals surface area contributed by atoms with Gasteiger partial charge in [-0.1, -0.05) is 12.1 Å². The van der Waals surface area contributed by atoms with Crippen molar-refractivity contribution in [2.45, 2.75) is 26.3 Å². The first-order valence-electron chi connectivity index (χ1n) is 8.42. The first-order valence-corrected chi connectivity index (χ1v) is 9.19. The van der Waals surface area contributed by atoms with Crippen LogP contribution in [0.2, 0.25) is 0 Å². The number of nitrogens with one attached hydrogen (secondary N) is 2. The summed E-state index contributed by atoms with van der Waals surface area (Å²) in [5, 5.41) is 15.4. The summed E-state index contributed by atoms with van der Waals surface area (Å²) in [6, 6.07) is 11.1. The van der Waals surface area contributed by atoms with E-state index in [1.165, 1.54) is 0 Å². The number of furan rings is 1. The Morgan fingerprint density at radius 2 is 2.22 bits per heavy atom. The van der Waals surface area contributed by atoms with Crippen molar-refractivity contribution >= 4 is 22.6 Å². The predicted molar refractivity (Wildman–Crippen MR) is 104 cm³/mol. The highest BCUT2D eigenvalue weighted by atomic mass is 32.1. The van der Waals surface area contributed by atoms with E-state index in [1.807, 2.05) is 20.0 Å². The SMILES string of the molecule is CNC(C)Cc1nsc(NC(=O)c2cc(-c3cccc(C#N)c3)oc2C)n1. The molecule has 0 radical (unpaired) electrons. The molecule has 8 heteroatoms. The zero-order chi connectivity index (χ0) is 19.4. The second-order valence-corrected chi connectivity index (χ2v) is 6.89. The minimum absolute atomic E-state index is 0.256. The van der Waals surface area contributed by atoms with E-state index in [9.17, 15) is 4.79 Å². The number of aromatic nitrogens is 2. The van der Waals surface area contributed by atoms with Gasteiger partial charge >= 0.3 is 0 Å². The van der Waals surface area contributed by atoms with E-state index in [0.29, 0.717) is 40.0 Å². The fourth-order valence-electron chi connectivity index (χ4n) is 2.52. The molecule has 0 aliphatic heterocycles. The first kappa shape index (κ1) is 18.8. The second kappa shape index (κ2) is 8.12. The monoisotopic (exact) mass is 381 g/mol. The largest absolute Gasteiger partial charge is 0.461 e. The molecular formula is C19H19N5O2S. The van der Waals surface area contributed by atoms with Crippen LogP contribution in [-0.2, 0) is 6.42 Å². The minimum atomic E-state index is -0.302. The first-order chi connectivity index (χ1) is 13.0. The molecule has 7 nitrogen and oxygen atoms in total. The van der Waals surface area contributed by atoms with Gasteiger partial charge in [0.15, 0.2) is 0 Å². The van der Waals surface area contributed by atoms with Crippen LogP contribution in [-0.4, -0.2) is 28.4 Å². The smallest absolute Gasteiger partial charge is 0.261 e. The van der Waals surface area contributed by atoms with Gasteiger partial charge in [0, 0.05) is 29.6 Å². The number of benzene rings is 1. The Hall–Kier alpha value is -3.02. The van der Waals surface area contributed by atoms with Gasteiger partial charge in [-0.2, -0.15) is 9.64 Å². The van der Waals surface area contributed by atoms with Crippen LogP contribution in [0, 0.1) is 18.3 Å². The van der Waals surface area contributed by atoms with Crippen LogP contribution in [0.25, 0.3) is 11.3 Å². The van der Waals surface area contributed by atoms with Crippen molar-refractivity contribution in [3.05, 3.63) is 53.0 Å². The third-order valence-electron chi connectivity index (χ3n) is 4.11. The highest BCUT2D eigenvalue weighted by molar-refractivity contribution is 7.09. The molecule has 0 saturated heterocycles. The van der Waals surface area contributed by atoms with E-state index < -0.39 is 0 Å². The number of aryl methyl sites for hydroxylation is 1. The summed E-state index contributed by atoms with van der Waals surface area (Å²) < 4.78 is 9.99. The Morgan fingerprint density at radius 1 is 1.41 bits per heavy atom. The van der Waals surface area contributed by atoms with E-state index in [0.717, 1.165) is 17.1 Å². The molecule has 2 N–H and O–H groups in total. The fraction of sp³-hybridized carbons (Fsp3) is 0.263. The molecule has 0 fully saturated rings. The molecule has 1 aromatic carbocycles. The zero-order valence-electron chi connectivity index (χ0n) is 15.2. The lowest BCUT2D eigenvalue weighted by Gasteiger charge is -2.05. The van der Waals surface area contributed by atoms with Gasteiger partial charge in [0.25, 0.3) is 5.91 Å². The molecule has 1 unspecified atom stereocenters. The van der Waals surface area contributed by atoms with Crippen molar-refractivity contribution in [3.8, 4) is 17.4 Å². The highest BCUT2D eigenvalue weighted by Gasteiger charge is 2.18. The quantitative estimate of drug-likeness (QED) is 0.678. The Kier molecular flexibility index (Phi) is 5.64. The molecule has 2 heterocycles. The standard InChI is InChI=1S/C19H19N5O2S/c1-11(21-3)7-17-22-19(27-24-17)23-18(25)15-9-16(26-12(15)2)14-6-4-5-13(8-14)10-20/h4-6,8-9,11,21H,7H2,1-3H3,(H,22,23,24,25). The molecule has 3 aromatic rings. The minimum Gasteiger partial charge on any atom is -0.461 e. The summed E-state index contributed by atoms with van der Waals surface area (Å²) in [5.41, 5.74) is 1.70. The van der Waals surface area contributed by atoms with Crippen LogP contribution in [0.1, 0.15) is 34.4 Å². The molecule has 0 aliphatic carbocycles. The van der Waals surface area contributed by atoms with Crippen LogP contribution in [0.4, 0.5) is 5.13 Å². The summed E-state index contributed by atoms with van der Waals surface area (Å²) in [6.45, 7) is 3.77. The molecule has 1 amide bonds. The van der Waals surface area contributed by atoms with Gasteiger partial charge < -0.3 is 9.73 Å². The number of amides is 1. The molecule has 1 atom stereocenters. The van der Waals surface area contributed by atoms with Crippen LogP contribution >= 0.6 is 11.5 Å². The van der Waals surface area contributed by atoms with Crippen molar-refractivity contribution < 1.29 is 9.21 Å². The zero-order valence-corrected chi connectivity index (χ0v) is 16.1. The molecule has 138 valence electrons. The maximum atomic E-state index is 12.6. The Balaban J connectivity index is 1.76. The lowest BCUT2D eigenvalue weighted by molar-refractivity contribution is 0.102. The topological polar surface area (TPSA) is 104 Å². The van der Waals surface area contributed by atoms with Crippen LogP contribution in [0.3, 0.4) is 0 Å². The Bertz CT molecular complexity index is 1000. The van der Waals surface area contributed by atoms with E-state index in [2.05, 4.69) is 26.1 Å². The maximum absolute atomic E-state index is 12.6. The molecule has 27 heavy (non-hydrogen) atoms. The van der Waals surface area contributed by atoms with E-state index in [4.69, 9.17) is 9.68 Å². The molecule has 3 rings (SSSR count). The lowest BCUT2D eigenvalue weighted by atomic mass is 10.1. The maximum Gasteiger partial charge on any atom is 0.261 e. The average molecular weight is 381 g/mol. The van der Waals surface area contributed by atoms with Crippen molar-refractivity contribution in [2.24, 2.45) is 0 Å². The van der Waals surface area contributed by atoms with Gasteiger partial charge in [0.05, 0.1) is 17.2 Å². The van der Waals surface area contributed by atoms with Crippen molar-refractivity contribution in [2.75, 3.05) is 12.4 Å². The summed E-state index contributed by atoms with van der Waals surface area (Å²) >= 11 is 1.15. The number of nitrogens with zero attached hydrogens (tertiary/aromatic N) is 3. The second-order valence-electron chi connectivity index (χ2n) is 6.14. The highest BCUT2D eigenvalue weighted by Crippen LogP contribution is 2.27. The number of likely N-dealkylation sites (N-methyl/N-ethyl adjacent to an activating group) is 1. The summed E-state index contributed by atoms with van der Waals surface area (Å²) in [5.74, 6) is 1.42. The number of anilines is 1. The lowest BCUT2D eigenvalue weighted by Crippen LogP contribution is -2.24. The third-order valence-corrected chi connectivity index (χ3v) is 4.78. The number of hydrogen-bond donors (Lipinski definition) is 2. The summed E-state index contributed by atoms with van der Waals surface area (Å²) in [4.78, 5) is 16.9. The number of rotatable bonds is 6. The predicted octanol–water partition coefficient (Wildman–Crippen LogP) is 3.38.